The van der Waals surface area contributed by atoms with E-state index in [1.54, 1.807) is 0 Å². The molecule has 2 fully saturated rings. The van der Waals surface area contributed by atoms with Crippen molar-refractivity contribution >= 4 is 34.7 Å². The van der Waals surface area contributed by atoms with Crippen molar-refractivity contribution in [3.8, 4) is 16.9 Å². The molecule has 9 nitrogen and oxygen atoms in total. The van der Waals surface area contributed by atoms with Crippen molar-refractivity contribution in [1.82, 2.24) is 0 Å². The quantitative estimate of drug-likeness (QED) is 0.516. The Morgan fingerprint density at radius 2 is 1.74 bits per heavy atom. The van der Waals surface area contributed by atoms with Gasteiger partial charge in [0.2, 0.25) is 5.91 Å². The number of anilines is 1. The van der Waals surface area contributed by atoms with E-state index in [9.17, 15) is 34.2 Å². The molecule has 0 aliphatic heterocycles. The summed E-state index contributed by atoms with van der Waals surface area (Å²) in [5, 5.41) is 22.8. The normalized spacial score (nSPS) is 28.4. The summed E-state index contributed by atoms with van der Waals surface area (Å²) in [5.41, 5.74) is 6.09. The molecule has 4 N–H and O–H groups in total. The van der Waals surface area contributed by atoms with Crippen molar-refractivity contribution in [3.05, 3.63) is 47.0 Å². The van der Waals surface area contributed by atoms with Crippen molar-refractivity contribution < 1.29 is 34.2 Å². The van der Waals surface area contributed by atoms with E-state index in [1.807, 2.05) is 56.3 Å². The lowest BCUT2D eigenvalue weighted by Crippen LogP contribution is -2.68. The van der Waals surface area contributed by atoms with Crippen LogP contribution in [0, 0.1) is 23.7 Å². The molecule has 0 bridgehead atoms. The molecule has 0 aromatic heterocycles. The third-order valence-electron chi connectivity index (χ3n) is 8.53. The number of phenols is 1. The number of fused-ring (bicyclic) bond motifs is 3. The highest BCUT2D eigenvalue weighted by Gasteiger charge is 2.66. The van der Waals surface area contributed by atoms with Crippen LogP contribution in [0.3, 0.4) is 0 Å². The Bertz CT molecular complexity index is 1410. The van der Waals surface area contributed by atoms with E-state index >= 15 is 0 Å². The van der Waals surface area contributed by atoms with Crippen LogP contribution in [0.5, 0.6) is 5.75 Å². The molecular weight excluding hydrogens is 488 g/mol. The minimum Gasteiger partial charge on any atom is -0.507 e. The molecule has 2 aromatic carbocycles. The van der Waals surface area contributed by atoms with Crippen LogP contribution in [-0.2, 0) is 32.0 Å². The molecule has 198 valence electrons. The number of amides is 1. The SMILES string of the molecule is CCc1ccc(-c2cc(N(C)C)c3c(c2O)C(=O)C2C(=O)[C@]4(O)C(=O)C(C(N)=O)C(=O)C[C@@H]4C[C@@H]2C3)cc1. The predicted octanol–water partition coefficient (Wildman–Crippen LogP) is 1.62. The van der Waals surface area contributed by atoms with Crippen molar-refractivity contribution in [3.63, 3.8) is 0 Å². The average Bonchev–Trinajstić information content (AvgIpc) is 2.86. The number of nitrogens with two attached hydrogens (primary N) is 1. The topological polar surface area (TPSA) is 155 Å². The van der Waals surface area contributed by atoms with Gasteiger partial charge in [-0.2, -0.15) is 0 Å². The summed E-state index contributed by atoms with van der Waals surface area (Å²) in [6.07, 6.45) is 0.787. The molecule has 0 radical (unpaired) electrons. The maximum Gasteiger partial charge on any atom is 0.235 e. The number of benzene rings is 2. The summed E-state index contributed by atoms with van der Waals surface area (Å²) < 4.78 is 0. The third kappa shape index (κ3) is 3.52. The number of ketones is 4. The van der Waals surface area contributed by atoms with Gasteiger partial charge in [0.05, 0.1) is 11.5 Å². The van der Waals surface area contributed by atoms with Crippen molar-refractivity contribution in [2.24, 2.45) is 29.4 Å². The lowest BCUT2D eigenvalue weighted by molar-refractivity contribution is -0.175. The Hall–Kier alpha value is -3.85. The first-order valence-electron chi connectivity index (χ1n) is 12.7. The van der Waals surface area contributed by atoms with Crippen LogP contribution < -0.4 is 10.6 Å². The standard InChI is InChI=1S/C29H30N2O7/c1-4-13-5-7-14(8-6-13)17-12-19(31(2)3)18-10-15-9-16-11-20(32)23(28(30)37)27(36)29(16,38)26(35)21(15)25(34)22(18)24(17)33/h5-8,12,15-16,21,23,33,38H,4,9-11H2,1-3H3,(H2,30,37)/t15-,16+,21?,23?,29+/m1/s1. The Kier molecular flexibility index (Phi) is 6.02. The van der Waals surface area contributed by atoms with Gasteiger partial charge in [0.1, 0.15) is 5.75 Å². The fourth-order valence-corrected chi connectivity index (χ4v) is 6.55. The van der Waals surface area contributed by atoms with Crippen molar-refractivity contribution in [2.45, 2.75) is 38.2 Å². The molecule has 1 amide bonds. The molecule has 0 spiro atoms. The predicted molar refractivity (Wildman–Crippen MR) is 138 cm³/mol. The number of carbonyl (C=O) groups is 5. The minimum atomic E-state index is -2.66. The summed E-state index contributed by atoms with van der Waals surface area (Å²) in [5.74, 6) is -10.1. The van der Waals surface area contributed by atoms with Gasteiger partial charge in [-0.3, -0.25) is 24.0 Å². The molecule has 3 aliphatic rings. The minimum absolute atomic E-state index is 0.00629. The molecule has 0 saturated heterocycles. The monoisotopic (exact) mass is 518 g/mol. The van der Waals surface area contributed by atoms with E-state index in [0.717, 1.165) is 12.0 Å². The van der Waals surface area contributed by atoms with Gasteiger partial charge in [0, 0.05) is 37.7 Å². The second kappa shape index (κ2) is 8.87. The number of primary amides is 1. The Morgan fingerprint density at radius 3 is 2.32 bits per heavy atom. The van der Waals surface area contributed by atoms with Crippen LogP contribution in [0.1, 0.15) is 41.3 Å². The number of aliphatic hydroxyl groups is 1. The molecule has 2 unspecified atom stereocenters. The second-order valence-electron chi connectivity index (χ2n) is 10.8. The number of Topliss-reactive ketones (excluding diaryl/α,β-unsaturated/α-hetero) is 4. The van der Waals surface area contributed by atoms with Gasteiger partial charge in [0.15, 0.2) is 34.7 Å². The number of hydrogen-bond acceptors (Lipinski definition) is 8. The summed E-state index contributed by atoms with van der Waals surface area (Å²) in [6.45, 7) is 2.03. The number of nitrogens with zero attached hydrogens (tertiary/aromatic N) is 1. The van der Waals surface area contributed by atoms with Gasteiger partial charge in [-0.15, -0.1) is 0 Å². The summed E-state index contributed by atoms with van der Waals surface area (Å²) >= 11 is 0. The molecule has 5 rings (SSSR count). The number of aryl methyl sites for hydroxylation is 1. The maximum absolute atomic E-state index is 14.0. The molecule has 5 atom stereocenters. The molecule has 2 aromatic rings. The maximum atomic E-state index is 14.0. The lowest BCUT2D eigenvalue weighted by atomic mass is 9.53. The Labute approximate surface area is 219 Å². The largest absolute Gasteiger partial charge is 0.507 e. The smallest absolute Gasteiger partial charge is 0.235 e. The zero-order valence-electron chi connectivity index (χ0n) is 21.5. The van der Waals surface area contributed by atoms with Crippen LogP contribution >= 0.6 is 0 Å². The molecule has 3 aliphatic carbocycles. The van der Waals surface area contributed by atoms with Crippen molar-refractivity contribution in [2.75, 3.05) is 19.0 Å². The van der Waals surface area contributed by atoms with Crippen LogP contribution in [-0.4, -0.2) is 58.9 Å². The Balaban J connectivity index is 1.64. The van der Waals surface area contributed by atoms with Crippen LogP contribution in [0.2, 0.25) is 0 Å². The second-order valence-corrected chi connectivity index (χ2v) is 10.8. The summed E-state index contributed by atoms with van der Waals surface area (Å²) in [4.78, 5) is 67.0. The van der Waals surface area contributed by atoms with Gasteiger partial charge in [-0.1, -0.05) is 31.2 Å². The van der Waals surface area contributed by atoms with E-state index < -0.39 is 58.3 Å². The third-order valence-corrected chi connectivity index (χ3v) is 8.53. The molecule has 0 heterocycles. The molecule has 38 heavy (non-hydrogen) atoms. The van der Waals surface area contributed by atoms with E-state index in [4.69, 9.17) is 5.73 Å². The van der Waals surface area contributed by atoms with Crippen LogP contribution in [0.25, 0.3) is 11.1 Å². The molecule has 9 heteroatoms. The van der Waals surface area contributed by atoms with Gasteiger partial charge >= 0.3 is 0 Å². The van der Waals surface area contributed by atoms with E-state index in [1.165, 1.54) is 0 Å². The first-order valence-corrected chi connectivity index (χ1v) is 12.7. The highest BCUT2D eigenvalue weighted by molar-refractivity contribution is 6.31. The summed E-state index contributed by atoms with van der Waals surface area (Å²) in [6, 6.07) is 9.40. The van der Waals surface area contributed by atoms with Gasteiger partial charge in [0.25, 0.3) is 0 Å². The molecule has 2 saturated carbocycles. The fraction of sp³-hybridized carbons (Fsp3) is 0.414. The molecular formula is C29H30N2O7. The van der Waals surface area contributed by atoms with Crippen LogP contribution in [0.15, 0.2) is 30.3 Å². The van der Waals surface area contributed by atoms with Gasteiger partial charge in [-0.05, 0) is 47.9 Å². The van der Waals surface area contributed by atoms with E-state index in [-0.39, 0.29) is 30.6 Å². The zero-order valence-corrected chi connectivity index (χ0v) is 21.5. The average molecular weight is 519 g/mol. The number of aromatic hydroxyl groups is 1. The highest BCUT2D eigenvalue weighted by Crippen LogP contribution is 2.52. The van der Waals surface area contributed by atoms with Gasteiger partial charge < -0.3 is 20.8 Å². The lowest BCUT2D eigenvalue weighted by Gasteiger charge is -2.48. The zero-order chi connectivity index (χ0) is 27.7. The number of hydrogen-bond donors (Lipinski definition) is 3. The number of phenolic OH excluding ortho intramolecular Hbond substituents is 1. The summed E-state index contributed by atoms with van der Waals surface area (Å²) in [7, 11) is 3.64. The van der Waals surface area contributed by atoms with E-state index in [0.29, 0.717) is 22.4 Å². The first-order chi connectivity index (χ1) is 17.9. The number of rotatable bonds is 4. The Morgan fingerprint density at radius 1 is 1.08 bits per heavy atom. The number of carbonyl (C=O) groups excluding carboxylic acids is 5. The van der Waals surface area contributed by atoms with Crippen LogP contribution in [0.4, 0.5) is 5.69 Å². The van der Waals surface area contributed by atoms with Gasteiger partial charge in [-0.25, -0.2) is 0 Å². The van der Waals surface area contributed by atoms with Crippen molar-refractivity contribution in [1.29, 1.82) is 0 Å². The fourth-order valence-electron chi connectivity index (χ4n) is 6.55. The first kappa shape index (κ1) is 25.8. The highest BCUT2D eigenvalue weighted by atomic mass is 16.3. The van der Waals surface area contributed by atoms with E-state index in [2.05, 4.69) is 0 Å².